The van der Waals surface area contributed by atoms with Gasteiger partial charge in [0.2, 0.25) is 11.7 Å². The van der Waals surface area contributed by atoms with E-state index in [0.717, 1.165) is 24.6 Å². The largest absolute Gasteiger partial charge is 0.493 e. The summed E-state index contributed by atoms with van der Waals surface area (Å²) in [6.07, 6.45) is -7.15. The van der Waals surface area contributed by atoms with Crippen LogP contribution in [-0.4, -0.2) is 34.2 Å². The van der Waals surface area contributed by atoms with Gasteiger partial charge in [0.1, 0.15) is 11.8 Å². The zero-order valence-electron chi connectivity index (χ0n) is 19.8. The summed E-state index contributed by atoms with van der Waals surface area (Å²) >= 11 is 0. The van der Waals surface area contributed by atoms with Crippen LogP contribution in [0, 0.1) is 5.41 Å². The third kappa shape index (κ3) is 6.69. The molecule has 1 atom stereocenters. The van der Waals surface area contributed by atoms with Crippen LogP contribution in [0.2, 0.25) is 0 Å². The molecule has 0 spiro atoms. The quantitative estimate of drug-likeness (QED) is 0.153. The molecule has 0 radical (unpaired) electrons. The van der Waals surface area contributed by atoms with Gasteiger partial charge >= 0.3 is 12.4 Å². The highest BCUT2D eigenvalue weighted by molar-refractivity contribution is 5.85. The predicted molar refractivity (Wildman–Crippen MR) is 128 cm³/mol. The Hall–Kier alpha value is -3.48. The molecule has 7 nitrogen and oxygen atoms in total. The first-order valence-corrected chi connectivity index (χ1v) is 11.4. The maximum absolute atomic E-state index is 13.8. The van der Waals surface area contributed by atoms with Crippen molar-refractivity contribution in [2.75, 3.05) is 13.2 Å². The molecule has 3 N–H and O–H groups in total. The number of benzene rings is 2. The van der Waals surface area contributed by atoms with Crippen LogP contribution < -0.4 is 10.5 Å². The summed E-state index contributed by atoms with van der Waals surface area (Å²) in [6, 6.07) is 7.61. The molecule has 1 aliphatic rings. The van der Waals surface area contributed by atoms with Crippen LogP contribution in [-0.2, 0) is 18.8 Å². The lowest BCUT2D eigenvalue weighted by molar-refractivity contribution is -0.139. The van der Waals surface area contributed by atoms with Gasteiger partial charge in [0, 0.05) is 12.1 Å². The molecule has 1 fully saturated rings. The Labute approximate surface area is 219 Å². The topological polar surface area (TPSA) is 101 Å². The minimum absolute atomic E-state index is 0. The molecule has 1 unspecified atom stereocenters. The van der Waals surface area contributed by atoms with E-state index >= 15 is 0 Å². The van der Waals surface area contributed by atoms with E-state index in [4.69, 9.17) is 20.4 Å². The van der Waals surface area contributed by atoms with Gasteiger partial charge in [-0.25, -0.2) is 0 Å². The highest BCUT2D eigenvalue weighted by Crippen LogP contribution is 2.39. The molecular formula is C24H24ClF6N5O2. The lowest BCUT2D eigenvalue weighted by atomic mass is 10.1. The molecule has 4 rings (SSSR count). The Morgan fingerprint density at radius 2 is 1.79 bits per heavy atom. The van der Waals surface area contributed by atoms with Gasteiger partial charge in [0.05, 0.1) is 17.7 Å². The van der Waals surface area contributed by atoms with E-state index in [-0.39, 0.29) is 48.0 Å². The molecule has 0 bridgehead atoms. The number of aryl methyl sites for hydroxylation is 1. The molecule has 14 heteroatoms. The van der Waals surface area contributed by atoms with E-state index in [1.807, 2.05) is 0 Å². The predicted octanol–water partition coefficient (Wildman–Crippen LogP) is 6.24. The summed E-state index contributed by atoms with van der Waals surface area (Å²) in [7, 11) is 0. The average Bonchev–Trinajstić information content (AvgIpc) is 3.51. The Bertz CT molecular complexity index is 1250. The zero-order valence-corrected chi connectivity index (χ0v) is 20.6. The van der Waals surface area contributed by atoms with Crippen LogP contribution in [0.4, 0.5) is 26.3 Å². The van der Waals surface area contributed by atoms with Gasteiger partial charge < -0.3 is 19.9 Å². The van der Waals surface area contributed by atoms with Gasteiger partial charge in [-0.2, -0.15) is 31.3 Å². The normalized spacial score (nSPS) is 15.8. The molecule has 2 aromatic carbocycles. The van der Waals surface area contributed by atoms with Crippen LogP contribution in [0.5, 0.6) is 5.75 Å². The monoisotopic (exact) mass is 563 g/mol. The number of ether oxygens (including phenoxy) is 1. The Kier molecular flexibility index (Phi) is 8.80. The van der Waals surface area contributed by atoms with Gasteiger partial charge in [-0.3, -0.25) is 5.41 Å². The summed E-state index contributed by atoms with van der Waals surface area (Å²) in [5.41, 5.74) is 4.48. The number of hydrogen-bond acceptors (Lipinski definition) is 5. The fraction of sp³-hybridized carbons (Fsp3) is 0.375. The number of nitrogens with two attached hydrogens (primary N) is 1. The second-order valence-electron chi connectivity index (χ2n) is 8.55. The van der Waals surface area contributed by atoms with Crippen molar-refractivity contribution < 1.29 is 35.6 Å². The second kappa shape index (κ2) is 11.5. The lowest BCUT2D eigenvalue weighted by Crippen LogP contribution is -2.35. The first-order valence-electron chi connectivity index (χ1n) is 11.4. The van der Waals surface area contributed by atoms with E-state index in [2.05, 4.69) is 10.1 Å². The molecule has 0 amide bonds. The van der Waals surface area contributed by atoms with Crippen molar-refractivity contribution in [3.05, 3.63) is 65.0 Å². The maximum Gasteiger partial charge on any atom is 0.419 e. The second-order valence-corrected chi connectivity index (χ2v) is 8.55. The summed E-state index contributed by atoms with van der Waals surface area (Å²) in [4.78, 5) is 5.81. The van der Waals surface area contributed by atoms with Crippen LogP contribution in [0.15, 0.2) is 47.0 Å². The first kappa shape index (κ1) is 29.1. The zero-order chi connectivity index (χ0) is 26.8. The minimum Gasteiger partial charge on any atom is -0.493 e. The summed E-state index contributed by atoms with van der Waals surface area (Å²) in [5.74, 6) is -0.406. The fourth-order valence-corrected chi connectivity index (χ4v) is 4.13. The van der Waals surface area contributed by atoms with Crippen molar-refractivity contribution in [1.82, 2.24) is 15.0 Å². The third-order valence-electron chi connectivity index (χ3n) is 5.98. The van der Waals surface area contributed by atoms with E-state index in [1.165, 1.54) is 24.3 Å². The van der Waals surface area contributed by atoms with E-state index in [0.29, 0.717) is 31.4 Å². The number of nitrogens with one attached hydrogen (secondary N) is 1. The Balaban J connectivity index is 0.00000400. The van der Waals surface area contributed by atoms with Crippen molar-refractivity contribution in [3.8, 4) is 17.1 Å². The summed E-state index contributed by atoms with van der Waals surface area (Å²) < 4.78 is 89.9. The number of likely N-dealkylation sites (tertiary alicyclic amines) is 1. The molecular weight excluding hydrogens is 540 g/mol. The third-order valence-corrected chi connectivity index (χ3v) is 5.98. The van der Waals surface area contributed by atoms with Gasteiger partial charge in [-0.05, 0) is 61.6 Å². The molecule has 1 aromatic heterocycles. The highest BCUT2D eigenvalue weighted by Gasteiger charge is 2.36. The fourth-order valence-electron chi connectivity index (χ4n) is 4.13. The Morgan fingerprint density at radius 1 is 1.08 bits per heavy atom. The minimum atomic E-state index is -4.72. The van der Waals surface area contributed by atoms with Gasteiger partial charge in [0.25, 0.3) is 0 Å². The average molecular weight is 564 g/mol. The van der Waals surface area contributed by atoms with Crippen molar-refractivity contribution >= 4 is 18.4 Å². The number of alkyl halides is 6. The van der Waals surface area contributed by atoms with Gasteiger partial charge in [-0.15, -0.1) is 12.4 Å². The molecule has 1 saturated heterocycles. The standard InChI is InChI=1S/C24H23F6N5O2.ClH/c25-23(26,27)16-8-5-14(6-9-16)3-2-12-36-19-10-7-15(13-17(19)24(28,29)30)20-33-21(37-34-20)18-4-1-11-35(18)22(31)32;/h5-10,13,18H,1-4,11-12H2,(H3,31,32);1H. The Morgan fingerprint density at radius 3 is 2.42 bits per heavy atom. The molecule has 38 heavy (non-hydrogen) atoms. The van der Waals surface area contributed by atoms with Crippen LogP contribution in [0.25, 0.3) is 11.4 Å². The van der Waals surface area contributed by atoms with E-state index in [9.17, 15) is 26.3 Å². The van der Waals surface area contributed by atoms with E-state index < -0.39 is 29.5 Å². The molecule has 0 aliphatic carbocycles. The number of aromatic nitrogens is 2. The summed E-state index contributed by atoms with van der Waals surface area (Å²) in [5, 5.41) is 11.5. The number of hydrogen-bond donors (Lipinski definition) is 2. The van der Waals surface area contributed by atoms with Crippen molar-refractivity contribution in [1.29, 1.82) is 5.41 Å². The maximum atomic E-state index is 13.8. The van der Waals surface area contributed by atoms with Gasteiger partial charge in [-0.1, -0.05) is 17.3 Å². The molecule has 1 aliphatic heterocycles. The highest BCUT2D eigenvalue weighted by atomic mass is 35.5. The smallest absolute Gasteiger partial charge is 0.419 e. The molecule has 3 aromatic rings. The van der Waals surface area contributed by atoms with Crippen molar-refractivity contribution in [3.63, 3.8) is 0 Å². The van der Waals surface area contributed by atoms with Crippen molar-refractivity contribution in [2.24, 2.45) is 5.73 Å². The van der Waals surface area contributed by atoms with Crippen LogP contribution in [0.1, 0.15) is 47.9 Å². The lowest BCUT2D eigenvalue weighted by Gasteiger charge is -2.21. The SMILES string of the molecule is Cl.N=C(N)N1CCCC1c1nc(-c2ccc(OCCCc3ccc(C(F)(F)F)cc3)c(C(F)(F)F)c2)no1. The van der Waals surface area contributed by atoms with Crippen LogP contribution >= 0.6 is 12.4 Å². The molecule has 0 saturated carbocycles. The number of rotatable bonds is 7. The van der Waals surface area contributed by atoms with Crippen molar-refractivity contribution in [2.45, 2.75) is 44.1 Å². The summed E-state index contributed by atoms with van der Waals surface area (Å²) in [6.45, 7) is 0.471. The number of nitrogens with zero attached hydrogens (tertiary/aromatic N) is 3. The molecule has 206 valence electrons. The number of guanidine groups is 1. The van der Waals surface area contributed by atoms with Gasteiger partial charge in [0.15, 0.2) is 5.96 Å². The molecule has 2 heterocycles. The number of halogens is 7. The van der Waals surface area contributed by atoms with E-state index in [1.54, 1.807) is 4.90 Å². The first-order chi connectivity index (χ1) is 17.4. The van der Waals surface area contributed by atoms with Crippen LogP contribution in [0.3, 0.4) is 0 Å².